The lowest BCUT2D eigenvalue weighted by atomic mass is 9.43. The van der Waals surface area contributed by atoms with Crippen LogP contribution in [-0.2, 0) is 0 Å². The predicted molar refractivity (Wildman–Crippen MR) is 89.4 cm³/mol. The molecule has 0 bridgehead atoms. The molecule has 0 aliphatic rings. The zero-order valence-corrected chi connectivity index (χ0v) is 15.9. The molecule has 0 aliphatic carbocycles. The van der Waals surface area contributed by atoms with Gasteiger partial charge in [-0.2, -0.15) is 0 Å². The minimum atomic E-state index is 0.279. The molecule has 0 aliphatic heterocycles. The van der Waals surface area contributed by atoms with Crippen LogP contribution >= 0.6 is 0 Å². The monoisotopic (exact) mass is 268 g/mol. The molecule has 0 aromatic heterocycles. The van der Waals surface area contributed by atoms with Gasteiger partial charge in [-0.25, -0.2) is 0 Å². The van der Waals surface area contributed by atoms with E-state index in [0.717, 1.165) is 5.92 Å². The highest BCUT2D eigenvalue weighted by Crippen LogP contribution is 2.63. The zero-order chi connectivity index (χ0) is 15.9. The fourth-order valence-corrected chi connectivity index (χ4v) is 3.46. The van der Waals surface area contributed by atoms with Crippen molar-refractivity contribution >= 4 is 0 Å². The molecule has 0 saturated heterocycles. The fourth-order valence-electron chi connectivity index (χ4n) is 3.46. The topological polar surface area (TPSA) is 0 Å². The van der Waals surface area contributed by atoms with Gasteiger partial charge in [0.1, 0.15) is 0 Å². The van der Waals surface area contributed by atoms with Crippen LogP contribution in [0.4, 0.5) is 0 Å². The molecule has 0 N–H and O–H groups in total. The first-order valence-electron chi connectivity index (χ1n) is 8.17. The van der Waals surface area contributed by atoms with E-state index < -0.39 is 0 Å². The average molecular weight is 269 g/mol. The van der Waals surface area contributed by atoms with Crippen molar-refractivity contribution in [3.8, 4) is 0 Å². The summed E-state index contributed by atoms with van der Waals surface area (Å²) < 4.78 is 0. The first-order valence-corrected chi connectivity index (χ1v) is 8.17. The Morgan fingerprint density at radius 3 is 1.21 bits per heavy atom. The molecule has 19 heavy (non-hydrogen) atoms. The zero-order valence-electron chi connectivity index (χ0n) is 15.9. The van der Waals surface area contributed by atoms with Gasteiger partial charge < -0.3 is 0 Å². The van der Waals surface area contributed by atoms with E-state index in [9.17, 15) is 0 Å². The second kappa shape index (κ2) is 5.41. The molecule has 0 nitrogen and oxygen atoms in total. The summed E-state index contributed by atoms with van der Waals surface area (Å²) in [4.78, 5) is 0. The Morgan fingerprint density at radius 1 is 0.632 bits per heavy atom. The largest absolute Gasteiger partial charge is 0.0651 e. The minimum absolute atomic E-state index is 0.279. The number of rotatable bonds is 6. The van der Waals surface area contributed by atoms with Crippen molar-refractivity contribution in [2.24, 2.45) is 33.5 Å². The van der Waals surface area contributed by atoms with Crippen LogP contribution in [0.5, 0.6) is 0 Å². The highest BCUT2D eigenvalue weighted by molar-refractivity contribution is 5.04. The van der Waals surface area contributed by atoms with Crippen LogP contribution < -0.4 is 0 Å². The van der Waals surface area contributed by atoms with Gasteiger partial charge in [-0.3, -0.25) is 0 Å². The summed E-state index contributed by atoms with van der Waals surface area (Å²) in [5.74, 6) is 1.43. The molecule has 0 amide bonds. The van der Waals surface area contributed by atoms with Crippen LogP contribution in [0, 0.1) is 33.5 Å². The van der Waals surface area contributed by atoms with Gasteiger partial charge >= 0.3 is 0 Å². The van der Waals surface area contributed by atoms with Crippen molar-refractivity contribution in [1.82, 2.24) is 0 Å². The van der Waals surface area contributed by atoms with E-state index in [4.69, 9.17) is 0 Å². The third-order valence-corrected chi connectivity index (χ3v) is 8.07. The normalized spacial score (nSPS) is 16.9. The summed E-state index contributed by atoms with van der Waals surface area (Å²) in [6.07, 6.45) is 1.26. The van der Waals surface area contributed by atoms with Crippen LogP contribution in [0.1, 0.15) is 89.5 Å². The minimum Gasteiger partial charge on any atom is -0.0651 e. The van der Waals surface area contributed by atoms with Crippen molar-refractivity contribution in [2.75, 3.05) is 0 Å². The van der Waals surface area contributed by atoms with Crippen molar-refractivity contribution in [3.63, 3.8) is 0 Å². The maximum absolute atomic E-state index is 2.49. The van der Waals surface area contributed by atoms with Crippen molar-refractivity contribution < 1.29 is 0 Å². The van der Waals surface area contributed by atoms with Gasteiger partial charge in [0.2, 0.25) is 0 Å². The number of hydrogen-bond donors (Lipinski definition) is 0. The highest BCUT2D eigenvalue weighted by atomic mass is 14.6. The predicted octanol–water partition coefficient (Wildman–Crippen LogP) is 6.79. The Labute approximate surface area is 123 Å². The maximum atomic E-state index is 2.49. The van der Waals surface area contributed by atoms with Crippen molar-refractivity contribution in [3.05, 3.63) is 0 Å². The molecule has 0 radical (unpaired) electrons. The molecule has 0 fully saturated rings. The number of hydrogen-bond acceptors (Lipinski definition) is 0. The van der Waals surface area contributed by atoms with Gasteiger partial charge in [-0.1, -0.05) is 89.5 Å². The molecule has 0 saturated carbocycles. The third kappa shape index (κ3) is 2.74. The molecule has 0 aromatic rings. The van der Waals surface area contributed by atoms with Gasteiger partial charge in [-0.05, 0) is 33.5 Å². The SMILES string of the molecule is CCC(C)C(C)(C)C(C)(C)C(C)(C)C(C)(C)C(C)C. The summed E-state index contributed by atoms with van der Waals surface area (Å²) in [5.41, 5.74) is 1.21. The van der Waals surface area contributed by atoms with Gasteiger partial charge in [0.25, 0.3) is 0 Å². The van der Waals surface area contributed by atoms with Crippen LogP contribution in [0.15, 0.2) is 0 Å². The Bertz CT molecular complexity index is 289. The quantitative estimate of drug-likeness (QED) is 0.497. The van der Waals surface area contributed by atoms with E-state index in [0.29, 0.717) is 16.7 Å². The molecule has 0 heterocycles. The van der Waals surface area contributed by atoms with Crippen molar-refractivity contribution in [2.45, 2.75) is 89.5 Å². The van der Waals surface area contributed by atoms with Crippen LogP contribution in [0.2, 0.25) is 0 Å². The first kappa shape index (κ1) is 19.0. The lowest BCUT2D eigenvalue weighted by Crippen LogP contribution is -2.55. The van der Waals surface area contributed by atoms with E-state index in [1.165, 1.54) is 6.42 Å². The summed E-state index contributed by atoms with van der Waals surface area (Å²) >= 11 is 0. The van der Waals surface area contributed by atoms with Gasteiger partial charge in [-0.15, -0.1) is 0 Å². The smallest absolute Gasteiger partial charge is 0.0244 e. The second-order valence-corrected chi connectivity index (χ2v) is 9.16. The van der Waals surface area contributed by atoms with E-state index in [-0.39, 0.29) is 10.8 Å². The molecular weight excluding hydrogens is 228 g/mol. The fraction of sp³-hybridized carbons (Fsp3) is 1.00. The molecule has 0 rings (SSSR count). The Kier molecular flexibility index (Phi) is 5.41. The second-order valence-electron chi connectivity index (χ2n) is 9.16. The Morgan fingerprint density at radius 2 is 0.947 bits per heavy atom. The van der Waals surface area contributed by atoms with Crippen LogP contribution in [0.25, 0.3) is 0 Å². The molecule has 1 unspecified atom stereocenters. The van der Waals surface area contributed by atoms with E-state index >= 15 is 0 Å². The molecule has 1 atom stereocenters. The lowest BCUT2D eigenvalue weighted by molar-refractivity contribution is -0.130. The molecule has 0 spiro atoms. The molecule has 0 aromatic carbocycles. The summed E-state index contributed by atoms with van der Waals surface area (Å²) in [5, 5.41) is 0. The molecule has 0 heteroatoms. The third-order valence-electron chi connectivity index (χ3n) is 8.07. The standard InChI is InChI=1S/C19H40/c1-13-15(4)17(7,8)19(11,12)18(9,10)16(5,6)14(2)3/h14-15H,13H2,1-12H3. The van der Waals surface area contributed by atoms with E-state index in [1.807, 2.05) is 0 Å². The summed E-state index contributed by atoms with van der Waals surface area (Å²) in [7, 11) is 0. The van der Waals surface area contributed by atoms with Gasteiger partial charge in [0.15, 0.2) is 0 Å². The maximum Gasteiger partial charge on any atom is -0.0244 e. The van der Waals surface area contributed by atoms with Crippen molar-refractivity contribution in [1.29, 1.82) is 0 Å². The summed E-state index contributed by atoms with van der Waals surface area (Å²) in [6.45, 7) is 29.3. The Hall–Kier alpha value is 0. The van der Waals surface area contributed by atoms with Crippen LogP contribution in [0.3, 0.4) is 0 Å². The van der Waals surface area contributed by atoms with E-state index in [1.54, 1.807) is 0 Å². The van der Waals surface area contributed by atoms with Crippen LogP contribution in [-0.4, -0.2) is 0 Å². The van der Waals surface area contributed by atoms with Gasteiger partial charge in [0.05, 0.1) is 0 Å². The first-order chi connectivity index (χ1) is 8.17. The lowest BCUT2D eigenvalue weighted by Gasteiger charge is -2.61. The summed E-state index contributed by atoms with van der Waals surface area (Å²) in [6, 6.07) is 0. The Balaban J connectivity index is 5.76. The van der Waals surface area contributed by atoms with E-state index in [2.05, 4.69) is 83.1 Å². The molecule has 116 valence electrons. The molecular formula is C19H40. The average Bonchev–Trinajstić information content (AvgIpc) is 2.26. The van der Waals surface area contributed by atoms with Gasteiger partial charge in [0, 0.05) is 0 Å². The highest BCUT2D eigenvalue weighted by Gasteiger charge is 2.56.